The van der Waals surface area contributed by atoms with Gasteiger partial charge in [-0.2, -0.15) is 0 Å². The van der Waals surface area contributed by atoms with Crippen LogP contribution in [0.5, 0.6) is 0 Å². The molecule has 88 valence electrons. The summed E-state index contributed by atoms with van der Waals surface area (Å²) < 4.78 is 5.27. The lowest BCUT2D eigenvalue weighted by Crippen LogP contribution is -2.44. The van der Waals surface area contributed by atoms with Crippen LogP contribution >= 0.6 is 0 Å². The average Bonchev–Trinajstić information content (AvgIpc) is 2.22. The van der Waals surface area contributed by atoms with E-state index in [1.54, 1.807) is 7.11 Å². The van der Waals surface area contributed by atoms with Crippen molar-refractivity contribution in [1.29, 1.82) is 0 Å². The van der Waals surface area contributed by atoms with E-state index in [-0.39, 0.29) is 0 Å². The Morgan fingerprint density at radius 3 is 2.75 bits per heavy atom. The van der Waals surface area contributed by atoms with Gasteiger partial charge in [-0.05, 0) is 43.4 Å². The standard InChI is InChI=1S/C14H21NO/c1-10-5-4-6-12(11(10)2)9-15-13-7-14(8-13)16-3/h4-6,13-15H,7-9H2,1-3H3. The van der Waals surface area contributed by atoms with Crippen molar-refractivity contribution in [2.45, 2.75) is 45.4 Å². The van der Waals surface area contributed by atoms with Crippen LogP contribution in [0, 0.1) is 13.8 Å². The molecule has 16 heavy (non-hydrogen) atoms. The van der Waals surface area contributed by atoms with Gasteiger partial charge in [0.15, 0.2) is 0 Å². The fourth-order valence-corrected chi connectivity index (χ4v) is 2.18. The van der Waals surface area contributed by atoms with Crippen molar-refractivity contribution < 1.29 is 4.74 Å². The maximum Gasteiger partial charge on any atom is 0.0601 e. The van der Waals surface area contributed by atoms with Crippen LogP contribution in [0.15, 0.2) is 18.2 Å². The predicted molar refractivity (Wildman–Crippen MR) is 66.6 cm³/mol. The molecule has 0 unspecified atom stereocenters. The van der Waals surface area contributed by atoms with Crippen LogP contribution in [0.4, 0.5) is 0 Å². The number of ether oxygens (including phenoxy) is 1. The molecule has 0 spiro atoms. The van der Waals surface area contributed by atoms with Crippen molar-refractivity contribution in [3.8, 4) is 0 Å². The summed E-state index contributed by atoms with van der Waals surface area (Å²) in [6.07, 6.45) is 2.79. The van der Waals surface area contributed by atoms with Gasteiger partial charge < -0.3 is 10.1 Å². The van der Waals surface area contributed by atoms with E-state index in [2.05, 4.69) is 37.4 Å². The molecule has 1 saturated carbocycles. The van der Waals surface area contributed by atoms with Gasteiger partial charge in [0.1, 0.15) is 0 Å². The highest BCUT2D eigenvalue weighted by Crippen LogP contribution is 2.23. The highest BCUT2D eigenvalue weighted by Gasteiger charge is 2.28. The van der Waals surface area contributed by atoms with E-state index in [9.17, 15) is 0 Å². The summed E-state index contributed by atoms with van der Waals surface area (Å²) >= 11 is 0. The van der Waals surface area contributed by atoms with Crippen LogP contribution in [-0.4, -0.2) is 19.3 Å². The molecule has 1 N–H and O–H groups in total. The second kappa shape index (κ2) is 4.98. The Kier molecular flexibility index (Phi) is 3.62. The van der Waals surface area contributed by atoms with Crippen molar-refractivity contribution in [2.24, 2.45) is 0 Å². The van der Waals surface area contributed by atoms with Crippen LogP contribution in [0.3, 0.4) is 0 Å². The molecule has 1 aromatic rings. The zero-order valence-electron chi connectivity index (χ0n) is 10.4. The molecule has 0 atom stereocenters. The van der Waals surface area contributed by atoms with Gasteiger partial charge in [0, 0.05) is 19.7 Å². The van der Waals surface area contributed by atoms with Gasteiger partial charge in [-0.25, -0.2) is 0 Å². The zero-order chi connectivity index (χ0) is 11.5. The van der Waals surface area contributed by atoms with E-state index < -0.39 is 0 Å². The Morgan fingerprint density at radius 1 is 1.31 bits per heavy atom. The molecule has 0 heterocycles. The molecule has 0 aliphatic heterocycles. The molecule has 1 aliphatic carbocycles. The predicted octanol–water partition coefficient (Wildman–Crippen LogP) is 2.57. The number of rotatable bonds is 4. The lowest BCUT2D eigenvalue weighted by atomic mass is 9.89. The third-order valence-corrected chi connectivity index (χ3v) is 3.73. The van der Waals surface area contributed by atoms with Gasteiger partial charge in [0.25, 0.3) is 0 Å². The lowest BCUT2D eigenvalue weighted by molar-refractivity contribution is 0.0170. The van der Waals surface area contributed by atoms with Gasteiger partial charge in [-0.3, -0.25) is 0 Å². The Hall–Kier alpha value is -0.860. The number of hydrogen-bond donors (Lipinski definition) is 1. The molecule has 0 saturated heterocycles. The Balaban J connectivity index is 1.84. The van der Waals surface area contributed by atoms with Crippen molar-refractivity contribution in [1.82, 2.24) is 5.32 Å². The molecule has 1 aromatic carbocycles. The molecule has 0 bridgehead atoms. The van der Waals surface area contributed by atoms with Gasteiger partial charge in [-0.15, -0.1) is 0 Å². The number of benzene rings is 1. The van der Waals surface area contributed by atoms with Crippen molar-refractivity contribution in [3.05, 3.63) is 34.9 Å². The molecule has 0 amide bonds. The van der Waals surface area contributed by atoms with E-state index in [1.165, 1.54) is 16.7 Å². The van der Waals surface area contributed by atoms with Crippen molar-refractivity contribution in [2.75, 3.05) is 7.11 Å². The van der Waals surface area contributed by atoms with Gasteiger partial charge in [0.05, 0.1) is 6.10 Å². The number of aryl methyl sites for hydroxylation is 1. The van der Waals surface area contributed by atoms with E-state index >= 15 is 0 Å². The van der Waals surface area contributed by atoms with E-state index in [0.717, 1.165) is 19.4 Å². The quantitative estimate of drug-likeness (QED) is 0.840. The monoisotopic (exact) mass is 219 g/mol. The third-order valence-electron chi connectivity index (χ3n) is 3.73. The Labute approximate surface area is 98.0 Å². The maximum absolute atomic E-state index is 5.27. The van der Waals surface area contributed by atoms with Gasteiger partial charge >= 0.3 is 0 Å². The number of nitrogens with one attached hydrogen (secondary N) is 1. The van der Waals surface area contributed by atoms with Crippen LogP contribution < -0.4 is 5.32 Å². The average molecular weight is 219 g/mol. The van der Waals surface area contributed by atoms with Crippen LogP contribution in [-0.2, 0) is 11.3 Å². The molecule has 2 nitrogen and oxygen atoms in total. The summed E-state index contributed by atoms with van der Waals surface area (Å²) in [6, 6.07) is 7.16. The fourth-order valence-electron chi connectivity index (χ4n) is 2.18. The summed E-state index contributed by atoms with van der Waals surface area (Å²) in [4.78, 5) is 0. The summed E-state index contributed by atoms with van der Waals surface area (Å²) in [6.45, 7) is 5.35. The van der Waals surface area contributed by atoms with Crippen LogP contribution in [0.1, 0.15) is 29.5 Å². The SMILES string of the molecule is COC1CC(NCc2cccc(C)c2C)C1. The molecule has 1 aliphatic rings. The normalized spacial score (nSPS) is 24.2. The van der Waals surface area contributed by atoms with E-state index in [4.69, 9.17) is 4.74 Å². The highest BCUT2D eigenvalue weighted by molar-refractivity contribution is 5.33. The maximum atomic E-state index is 5.27. The minimum atomic E-state index is 0.483. The molecule has 2 rings (SSSR count). The molecule has 0 aromatic heterocycles. The van der Waals surface area contributed by atoms with Gasteiger partial charge in [0.2, 0.25) is 0 Å². The van der Waals surface area contributed by atoms with Crippen molar-refractivity contribution in [3.63, 3.8) is 0 Å². The first-order valence-electron chi connectivity index (χ1n) is 6.02. The highest BCUT2D eigenvalue weighted by atomic mass is 16.5. The van der Waals surface area contributed by atoms with Crippen LogP contribution in [0.25, 0.3) is 0 Å². The topological polar surface area (TPSA) is 21.3 Å². The molecule has 2 heteroatoms. The summed E-state index contributed by atoms with van der Waals surface area (Å²) in [5.41, 5.74) is 4.21. The number of methoxy groups -OCH3 is 1. The molecular weight excluding hydrogens is 198 g/mol. The smallest absolute Gasteiger partial charge is 0.0601 e. The zero-order valence-corrected chi connectivity index (χ0v) is 10.4. The summed E-state index contributed by atoms with van der Waals surface area (Å²) in [5, 5.41) is 3.59. The first-order chi connectivity index (χ1) is 7.70. The van der Waals surface area contributed by atoms with E-state index in [0.29, 0.717) is 12.1 Å². The van der Waals surface area contributed by atoms with Gasteiger partial charge in [-0.1, -0.05) is 18.2 Å². The Bertz CT molecular complexity index is 356. The minimum absolute atomic E-state index is 0.483. The first-order valence-corrected chi connectivity index (χ1v) is 6.02. The number of hydrogen-bond acceptors (Lipinski definition) is 2. The molecular formula is C14H21NO. The lowest BCUT2D eigenvalue weighted by Gasteiger charge is -2.35. The minimum Gasteiger partial charge on any atom is -0.381 e. The second-order valence-electron chi connectivity index (χ2n) is 4.77. The first kappa shape index (κ1) is 11.6. The fraction of sp³-hybridized carbons (Fsp3) is 0.571. The van der Waals surface area contributed by atoms with Crippen LogP contribution in [0.2, 0.25) is 0 Å². The van der Waals surface area contributed by atoms with E-state index in [1.807, 2.05) is 0 Å². The second-order valence-corrected chi connectivity index (χ2v) is 4.77. The summed E-state index contributed by atoms with van der Waals surface area (Å²) in [7, 11) is 1.80. The molecule has 0 radical (unpaired) electrons. The Morgan fingerprint density at radius 2 is 2.06 bits per heavy atom. The third kappa shape index (κ3) is 2.45. The molecule has 1 fully saturated rings. The van der Waals surface area contributed by atoms with Crippen molar-refractivity contribution >= 4 is 0 Å². The summed E-state index contributed by atoms with van der Waals surface area (Å²) in [5.74, 6) is 0. The largest absolute Gasteiger partial charge is 0.381 e.